The third kappa shape index (κ3) is 8.78. The summed E-state index contributed by atoms with van der Waals surface area (Å²) in [6.45, 7) is 12.5. The zero-order valence-electron chi connectivity index (χ0n) is 29.0. The minimum atomic E-state index is 0.0703. The number of imidazole rings is 2. The molecular formula is C37H49N7O4. The zero-order valence-corrected chi connectivity index (χ0v) is 29.0. The molecule has 0 radical (unpaired) electrons. The lowest BCUT2D eigenvalue weighted by Gasteiger charge is -2.22. The number of ether oxygens (including phenoxy) is 2. The van der Waals surface area contributed by atoms with E-state index in [-0.39, 0.29) is 5.91 Å². The van der Waals surface area contributed by atoms with Crippen LogP contribution in [-0.2, 0) is 34.0 Å². The average molecular weight is 656 g/mol. The Morgan fingerprint density at radius 1 is 1.04 bits per heavy atom. The van der Waals surface area contributed by atoms with E-state index in [1.165, 1.54) is 19.1 Å². The summed E-state index contributed by atoms with van der Waals surface area (Å²) in [6, 6.07) is 15.0. The van der Waals surface area contributed by atoms with Gasteiger partial charge in [-0.3, -0.25) is 9.59 Å². The number of fused-ring (bicyclic) bond motifs is 6. The average Bonchev–Trinajstić information content (AvgIpc) is 3.75. The van der Waals surface area contributed by atoms with Gasteiger partial charge >= 0.3 is 0 Å². The number of hydrogen-bond acceptors (Lipinski definition) is 8. The summed E-state index contributed by atoms with van der Waals surface area (Å²) < 4.78 is 10.2. The molecule has 11 heteroatoms. The highest BCUT2D eigenvalue weighted by Crippen LogP contribution is 2.42. The van der Waals surface area contributed by atoms with Crippen LogP contribution in [0.15, 0.2) is 48.7 Å². The first kappa shape index (κ1) is 36.1. The second-order valence-corrected chi connectivity index (χ2v) is 11.7. The topological polar surface area (TPSA) is 137 Å². The number of amides is 1. The van der Waals surface area contributed by atoms with Gasteiger partial charge in [-0.15, -0.1) is 0 Å². The number of carbonyl (C=O) groups excluding carboxylic acids is 2. The lowest BCUT2D eigenvalue weighted by molar-refractivity contribution is -0.131. The molecule has 1 aliphatic heterocycles. The SMILES string of the molecule is CCC.CCCNCc1ncc(-c2ccc3c(c2)COc2cc4c(ccc5[nH]c(CN(CCC)C(=O)CNC)nc54)cc2-3)[nH]1.COC=O. The van der Waals surface area contributed by atoms with Crippen molar-refractivity contribution in [3.63, 3.8) is 0 Å². The van der Waals surface area contributed by atoms with E-state index in [1.54, 1.807) is 7.05 Å². The number of nitrogens with one attached hydrogen (secondary N) is 4. The molecule has 3 aromatic carbocycles. The van der Waals surface area contributed by atoms with Gasteiger partial charge < -0.3 is 35.0 Å². The molecule has 5 aromatic rings. The fourth-order valence-electron chi connectivity index (χ4n) is 5.57. The van der Waals surface area contributed by atoms with E-state index in [0.717, 1.165) is 87.5 Å². The highest BCUT2D eigenvalue weighted by atomic mass is 16.5. The van der Waals surface area contributed by atoms with E-state index in [9.17, 15) is 4.79 Å². The molecule has 0 saturated heterocycles. The molecule has 48 heavy (non-hydrogen) atoms. The van der Waals surface area contributed by atoms with Crippen LogP contribution in [0.1, 0.15) is 64.2 Å². The highest BCUT2D eigenvalue weighted by Gasteiger charge is 2.21. The normalized spacial score (nSPS) is 11.4. The number of rotatable bonds is 12. The van der Waals surface area contributed by atoms with Gasteiger partial charge in [0.05, 0.1) is 49.7 Å². The first-order valence-corrected chi connectivity index (χ1v) is 16.8. The zero-order chi connectivity index (χ0) is 34.5. The molecule has 0 bridgehead atoms. The van der Waals surface area contributed by atoms with Gasteiger partial charge in [0.15, 0.2) is 0 Å². The van der Waals surface area contributed by atoms with Crippen LogP contribution < -0.4 is 15.4 Å². The molecule has 4 N–H and O–H groups in total. The van der Waals surface area contributed by atoms with Crippen LogP contribution in [0.4, 0.5) is 0 Å². The van der Waals surface area contributed by atoms with Crippen LogP contribution in [0, 0.1) is 0 Å². The maximum atomic E-state index is 12.6. The third-order valence-corrected chi connectivity index (χ3v) is 7.67. The lowest BCUT2D eigenvalue weighted by Crippen LogP contribution is -2.37. The highest BCUT2D eigenvalue weighted by molar-refractivity contribution is 6.07. The summed E-state index contributed by atoms with van der Waals surface area (Å²) >= 11 is 0. The number of aromatic nitrogens is 4. The Bertz CT molecular complexity index is 1800. The monoisotopic (exact) mass is 655 g/mol. The van der Waals surface area contributed by atoms with Crippen molar-refractivity contribution < 1.29 is 19.1 Å². The van der Waals surface area contributed by atoms with E-state index in [2.05, 4.69) is 100 Å². The number of nitrogens with zero attached hydrogens (tertiary/aromatic N) is 3. The van der Waals surface area contributed by atoms with Gasteiger partial charge in [-0.1, -0.05) is 52.3 Å². The summed E-state index contributed by atoms with van der Waals surface area (Å²) in [6.07, 6.45) is 5.14. The molecule has 0 unspecified atom stereocenters. The summed E-state index contributed by atoms with van der Waals surface area (Å²) in [5, 5.41) is 8.48. The quantitative estimate of drug-likeness (QED) is 0.0905. The molecule has 2 aromatic heterocycles. The molecule has 3 heterocycles. The summed E-state index contributed by atoms with van der Waals surface area (Å²) in [4.78, 5) is 39.7. The maximum Gasteiger partial charge on any atom is 0.292 e. The number of carbonyl (C=O) groups is 2. The summed E-state index contributed by atoms with van der Waals surface area (Å²) in [5.74, 6) is 2.65. The van der Waals surface area contributed by atoms with Gasteiger partial charge in [0.25, 0.3) is 6.47 Å². The first-order valence-electron chi connectivity index (χ1n) is 16.8. The van der Waals surface area contributed by atoms with Gasteiger partial charge in [0.2, 0.25) is 5.91 Å². The molecule has 6 rings (SSSR count). The van der Waals surface area contributed by atoms with E-state index in [1.807, 2.05) is 11.1 Å². The van der Waals surface area contributed by atoms with Crippen molar-refractivity contribution in [1.82, 2.24) is 35.5 Å². The maximum absolute atomic E-state index is 12.6. The van der Waals surface area contributed by atoms with Crippen molar-refractivity contribution in [3.05, 3.63) is 65.9 Å². The fourth-order valence-corrected chi connectivity index (χ4v) is 5.57. The number of likely N-dealkylation sites (N-methyl/N-ethyl adjacent to an activating group) is 1. The van der Waals surface area contributed by atoms with Gasteiger partial charge in [-0.25, -0.2) is 9.97 Å². The molecule has 256 valence electrons. The number of benzene rings is 3. The van der Waals surface area contributed by atoms with Gasteiger partial charge in [-0.2, -0.15) is 0 Å². The standard InChI is InChI=1S/C32H37N7O2.C3H8.C2H4O2/c1-4-10-34-16-29-35-15-27(37-29)21-6-8-23-22(12-21)19-41-28-14-24-20(13-25(23)28)7-9-26-32(24)38-30(36-26)18-39(11-5-2)31(40)17-33-3;1-3-2;1-4-2-3/h6-9,12-15,33-34H,4-5,10-11,16-19H2,1-3H3,(H,35,37)(H,36,38);3H2,1-2H3;2H,1H3. The first-order chi connectivity index (χ1) is 23.4. The molecule has 11 nitrogen and oxygen atoms in total. The summed E-state index contributed by atoms with van der Waals surface area (Å²) in [7, 11) is 3.10. The Kier molecular flexibility index (Phi) is 13.5. The van der Waals surface area contributed by atoms with Gasteiger partial charge in [0, 0.05) is 17.5 Å². The molecular weight excluding hydrogens is 606 g/mol. The molecule has 1 amide bonds. The van der Waals surface area contributed by atoms with Crippen LogP contribution in [0.25, 0.3) is 44.2 Å². The Hall–Kier alpha value is -4.74. The Morgan fingerprint density at radius 3 is 2.54 bits per heavy atom. The van der Waals surface area contributed by atoms with E-state index in [4.69, 9.17) is 14.5 Å². The minimum absolute atomic E-state index is 0.0703. The number of H-pyrrole nitrogens is 2. The van der Waals surface area contributed by atoms with Crippen LogP contribution in [0.3, 0.4) is 0 Å². The molecule has 0 atom stereocenters. The van der Waals surface area contributed by atoms with Crippen LogP contribution in [0.5, 0.6) is 5.75 Å². The Labute approximate surface area is 282 Å². The second-order valence-electron chi connectivity index (χ2n) is 11.7. The Morgan fingerprint density at radius 2 is 1.83 bits per heavy atom. The number of methoxy groups -OCH3 is 1. The molecule has 1 aliphatic rings. The second kappa shape index (κ2) is 18.0. The van der Waals surface area contributed by atoms with Crippen molar-refractivity contribution in [3.8, 4) is 28.1 Å². The van der Waals surface area contributed by atoms with Crippen LogP contribution in [-0.4, -0.2) is 71.0 Å². The lowest BCUT2D eigenvalue weighted by atomic mass is 9.92. The molecule has 0 fully saturated rings. The largest absolute Gasteiger partial charge is 0.488 e. The fraction of sp³-hybridized carbons (Fsp3) is 0.405. The summed E-state index contributed by atoms with van der Waals surface area (Å²) in [5.41, 5.74) is 7.37. The van der Waals surface area contributed by atoms with Crippen molar-refractivity contribution in [1.29, 1.82) is 0 Å². The van der Waals surface area contributed by atoms with Gasteiger partial charge in [0.1, 0.15) is 24.0 Å². The van der Waals surface area contributed by atoms with Crippen molar-refractivity contribution in [2.24, 2.45) is 0 Å². The number of aromatic amines is 2. The van der Waals surface area contributed by atoms with E-state index in [0.29, 0.717) is 32.7 Å². The van der Waals surface area contributed by atoms with Crippen LogP contribution in [0.2, 0.25) is 0 Å². The number of hydrogen-bond donors (Lipinski definition) is 4. The predicted molar refractivity (Wildman–Crippen MR) is 192 cm³/mol. The van der Waals surface area contributed by atoms with E-state index < -0.39 is 0 Å². The van der Waals surface area contributed by atoms with Crippen molar-refractivity contribution in [2.45, 2.75) is 66.7 Å². The smallest absolute Gasteiger partial charge is 0.292 e. The minimum Gasteiger partial charge on any atom is -0.488 e. The van der Waals surface area contributed by atoms with Crippen LogP contribution >= 0.6 is 0 Å². The molecule has 0 aliphatic carbocycles. The van der Waals surface area contributed by atoms with Crippen molar-refractivity contribution in [2.75, 3.05) is 33.8 Å². The third-order valence-electron chi connectivity index (χ3n) is 7.67. The molecule has 0 saturated carbocycles. The van der Waals surface area contributed by atoms with Gasteiger partial charge in [-0.05, 0) is 72.8 Å². The van der Waals surface area contributed by atoms with Crippen molar-refractivity contribution >= 4 is 34.2 Å². The Balaban J connectivity index is 0.000000682. The molecule has 0 spiro atoms. The predicted octanol–water partition coefficient (Wildman–Crippen LogP) is 6.33. The van der Waals surface area contributed by atoms with E-state index >= 15 is 0 Å².